The van der Waals surface area contributed by atoms with Crippen molar-refractivity contribution in [3.05, 3.63) is 23.8 Å². The van der Waals surface area contributed by atoms with Crippen molar-refractivity contribution in [2.45, 2.75) is 70.3 Å². The molecule has 2 N–H and O–H groups in total. The summed E-state index contributed by atoms with van der Waals surface area (Å²) in [6.07, 6.45) is 8.84. The molecule has 1 aliphatic heterocycles. The molecule has 1 heterocycles. The molecule has 154 valence electrons. The molecule has 0 bridgehead atoms. The number of ether oxygens (including phenoxy) is 1. The van der Waals surface area contributed by atoms with Crippen molar-refractivity contribution in [1.82, 2.24) is 4.90 Å². The Morgan fingerprint density at radius 3 is 2.79 bits per heavy atom. The average molecular weight is 389 g/mol. The molecule has 0 spiro atoms. The summed E-state index contributed by atoms with van der Waals surface area (Å²) < 4.78 is 5.80. The molecule has 1 aliphatic carbocycles. The minimum Gasteiger partial charge on any atom is -0.494 e. The lowest BCUT2D eigenvalue weighted by Gasteiger charge is -2.34. The van der Waals surface area contributed by atoms with Crippen LogP contribution in [0.15, 0.2) is 18.2 Å². The Labute approximate surface area is 167 Å². The van der Waals surface area contributed by atoms with Gasteiger partial charge in [-0.05, 0) is 43.7 Å². The molecule has 1 saturated carbocycles. The molecule has 0 atom stereocenters. The molecule has 1 aromatic rings. The Morgan fingerprint density at radius 2 is 2.00 bits per heavy atom. The summed E-state index contributed by atoms with van der Waals surface area (Å²) in [5.41, 5.74) is 1.96. The van der Waals surface area contributed by atoms with Crippen molar-refractivity contribution in [1.29, 1.82) is 0 Å². The number of fused-ring (bicyclic) bond motifs is 1. The summed E-state index contributed by atoms with van der Waals surface area (Å²) in [4.78, 5) is 26.3. The van der Waals surface area contributed by atoms with Crippen LogP contribution in [0.25, 0.3) is 0 Å². The van der Waals surface area contributed by atoms with E-state index in [1.165, 1.54) is 19.3 Å². The number of nitrogens with one attached hydrogen (secondary N) is 1. The van der Waals surface area contributed by atoms with Crippen molar-refractivity contribution in [3.8, 4) is 5.75 Å². The van der Waals surface area contributed by atoms with Gasteiger partial charge in [0.15, 0.2) is 0 Å². The predicted octanol–water partition coefficient (Wildman–Crippen LogP) is 3.27. The van der Waals surface area contributed by atoms with E-state index in [0.717, 1.165) is 36.3 Å². The Morgan fingerprint density at radius 1 is 1.18 bits per heavy atom. The van der Waals surface area contributed by atoms with Gasteiger partial charge >= 0.3 is 0 Å². The van der Waals surface area contributed by atoms with Crippen LogP contribution in [-0.2, 0) is 16.0 Å². The molecule has 3 rings (SSSR count). The molecular weight excluding hydrogens is 356 g/mol. The Balaban J connectivity index is 1.46. The molecule has 1 fully saturated rings. The monoisotopic (exact) mass is 388 g/mol. The van der Waals surface area contributed by atoms with Gasteiger partial charge in [0.25, 0.3) is 0 Å². The summed E-state index contributed by atoms with van der Waals surface area (Å²) in [6, 6.07) is 6.12. The standard InChI is InChI=1S/C22H32N2O4/c25-14-5-13-24(18-6-2-1-3-7-18)22(27)8-4-15-28-19-11-9-17-10-12-21(26)23-20(17)16-19/h9,11,16,18,25H,1-8,10,12-15H2,(H,23,26). The number of rotatable bonds is 9. The number of carbonyl (C=O) groups excluding carboxylic acids is 2. The summed E-state index contributed by atoms with van der Waals surface area (Å²) in [5.74, 6) is 0.931. The zero-order valence-corrected chi connectivity index (χ0v) is 16.6. The first-order valence-electron chi connectivity index (χ1n) is 10.6. The quantitative estimate of drug-likeness (QED) is 0.637. The molecular formula is C22H32N2O4. The second-order valence-corrected chi connectivity index (χ2v) is 7.78. The zero-order chi connectivity index (χ0) is 19.8. The third-order valence-electron chi connectivity index (χ3n) is 5.67. The number of anilines is 1. The number of benzene rings is 1. The van der Waals surface area contributed by atoms with Crippen LogP contribution >= 0.6 is 0 Å². The highest BCUT2D eigenvalue weighted by Crippen LogP contribution is 2.27. The van der Waals surface area contributed by atoms with Crippen molar-refractivity contribution in [3.63, 3.8) is 0 Å². The molecule has 2 amide bonds. The predicted molar refractivity (Wildman–Crippen MR) is 108 cm³/mol. The lowest BCUT2D eigenvalue weighted by Crippen LogP contribution is -2.42. The average Bonchev–Trinajstić information content (AvgIpc) is 2.72. The van der Waals surface area contributed by atoms with Gasteiger partial charge in [0, 0.05) is 43.8 Å². The van der Waals surface area contributed by atoms with E-state index < -0.39 is 0 Å². The fraction of sp³-hybridized carbons (Fsp3) is 0.636. The lowest BCUT2D eigenvalue weighted by atomic mass is 9.93. The minimum absolute atomic E-state index is 0.0425. The van der Waals surface area contributed by atoms with Gasteiger partial charge in [0.05, 0.1) is 6.61 Å². The van der Waals surface area contributed by atoms with Gasteiger partial charge in [-0.1, -0.05) is 25.3 Å². The van der Waals surface area contributed by atoms with Gasteiger partial charge < -0.3 is 20.1 Å². The van der Waals surface area contributed by atoms with Crippen LogP contribution in [0.4, 0.5) is 5.69 Å². The molecule has 6 nitrogen and oxygen atoms in total. The highest BCUT2D eigenvalue weighted by atomic mass is 16.5. The number of carbonyl (C=O) groups is 2. The number of hydrogen-bond donors (Lipinski definition) is 2. The lowest BCUT2D eigenvalue weighted by molar-refractivity contribution is -0.134. The third kappa shape index (κ3) is 5.71. The Bertz CT molecular complexity index is 671. The number of hydrogen-bond acceptors (Lipinski definition) is 4. The number of aliphatic hydroxyl groups is 1. The van der Waals surface area contributed by atoms with Gasteiger partial charge in [-0.15, -0.1) is 0 Å². The first-order valence-corrected chi connectivity index (χ1v) is 10.6. The van der Waals surface area contributed by atoms with Crippen molar-refractivity contribution in [2.24, 2.45) is 0 Å². The van der Waals surface area contributed by atoms with E-state index in [2.05, 4.69) is 5.32 Å². The molecule has 2 aliphatic rings. The number of aryl methyl sites for hydroxylation is 1. The van der Waals surface area contributed by atoms with Crippen molar-refractivity contribution >= 4 is 17.5 Å². The van der Waals surface area contributed by atoms with Gasteiger partial charge in [0.2, 0.25) is 11.8 Å². The van der Waals surface area contributed by atoms with Crippen LogP contribution in [0.1, 0.15) is 63.4 Å². The maximum Gasteiger partial charge on any atom is 0.224 e. The van der Waals surface area contributed by atoms with E-state index >= 15 is 0 Å². The SMILES string of the molecule is O=C1CCc2ccc(OCCCC(=O)N(CCCO)C3CCCCC3)cc2N1. The number of aliphatic hydroxyl groups excluding tert-OH is 1. The van der Waals surface area contributed by atoms with Gasteiger partial charge in [-0.25, -0.2) is 0 Å². The van der Waals surface area contributed by atoms with Crippen LogP contribution < -0.4 is 10.1 Å². The van der Waals surface area contributed by atoms with E-state index in [4.69, 9.17) is 9.84 Å². The molecule has 0 radical (unpaired) electrons. The third-order valence-corrected chi connectivity index (χ3v) is 5.67. The number of nitrogens with zero attached hydrogens (tertiary/aromatic N) is 1. The maximum atomic E-state index is 12.7. The minimum atomic E-state index is 0.0425. The summed E-state index contributed by atoms with van der Waals surface area (Å²) in [7, 11) is 0. The van der Waals surface area contributed by atoms with Gasteiger partial charge in [0.1, 0.15) is 5.75 Å². The second kappa shape index (κ2) is 10.5. The molecule has 0 unspecified atom stereocenters. The summed E-state index contributed by atoms with van der Waals surface area (Å²) >= 11 is 0. The highest BCUT2D eigenvalue weighted by Gasteiger charge is 2.24. The Hall–Kier alpha value is -2.08. The van der Waals surface area contributed by atoms with E-state index in [0.29, 0.717) is 44.9 Å². The first kappa shape index (κ1) is 20.6. The normalized spacial score (nSPS) is 17.0. The van der Waals surface area contributed by atoms with Crippen LogP contribution in [0.2, 0.25) is 0 Å². The van der Waals surface area contributed by atoms with E-state index in [1.54, 1.807) is 0 Å². The first-order chi connectivity index (χ1) is 13.7. The smallest absolute Gasteiger partial charge is 0.224 e. The molecule has 6 heteroatoms. The van der Waals surface area contributed by atoms with Crippen molar-refractivity contribution in [2.75, 3.05) is 25.1 Å². The van der Waals surface area contributed by atoms with Gasteiger partial charge in [-0.2, -0.15) is 0 Å². The van der Waals surface area contributed by atoms with E-state index in [9.17, 15) is 9.59 Å². The highest BCUT2D eigenvalue weighted by molar-refractivity contribution is 5.94. The fourth-order valence-corrected chi connectivity index (χ4v) is 4.14. The molecule has 1 aromatic carbocycles. The van der Waals surface area contributed by atoms with Crippen LogP contribution in [0.3, 0.4) is 0 Å². The van der Waals surface area contributed by atoms with Crippen LogP contribution in [0, 0.1) is 0 Å². The Kier molecular flexibility index (Phi) is 7.71. The number of amides is 2. The van der Waals surface area contributed by atoms with Crippen LogP contribution in [0.5, 0.6) is 5.75 Å². The summed E-state index contributed by atoms with van der Waals surface area (Å²) in [6.45, 7) is 1.23. The maximum absolute atomic E-state index is 12.7. The van der Waals surface area contributed by atoms with Crippen LogP contribution in [-0.4, -0.2) is 47.6 Å². The van der Waals surface area contributed by atoms with E-state index in [-0.39, 0.29) is 18.4 Å². The van der Waals surface area contributed by atoms with Gasteiger partial charge in [-0.3, -0.25) is 9.59 Å². The summed E-state index contributed by atoms with van der Waals surface area (Å²) in [5, 5.41) is 12.0. The fourth-order valence-electron chi connectivity index (χ4n) is 4.14. The molecule has 28 heavy (non-hydrogen) atoms. The molecule has 0 aromatic heterocycles. The largest absolute Gasteiger partial charge is 0.494 e. The topological polar surface area (TPSA) is 78.9 Å². The van der Waals surface area contributed by atoms with Crippen molar-refractivity contribution < 1.29 is 19.4 Å². The van der Waals surface area contributed by atoms with E-state index in [1.807, 2.05) is 23.1 Å². The molecule has 0 saturated heterocycles. The zero-order valence-electron chi connectivity index (χ0n) is 16.6. The second-order valence-electron chi connectivity index (χ2n) is 7.78.